The summed E-state index contributed by atoms with van der Waals surface area (Å²) in [5.41, 5.74) is 2.13. The number of aliphatic hydroxyl groups is 1. The van der Waals surface area contributed by atoms with Crippen LogP contribution in [0, 0.1) is 17.9 Å². The number of pyridine rings is 1. The van der Waals surface area contributed by atoms with E-state index in [2.05, 4.69) is 66.7 Å². The maximum atomic E-state index is 11.7. The van der Waals surface area contributed by atoms with E-state index < -0.39 is 0 Å². The second-order valence-corrected chi connectivity index (χ2v) is 13.3. The van der Waals surface area contributed by atoms with Gasteiger partial charge in [0.15, 0.2) is 5.78 Å². The van der Waals surface area contributed by atoms with Gasteiger partial charge in [0.2, 0.25) is 0 Å². The number of nitrogens with zero attached hydrogens (tertiary/aromatic N) is 1. The third-order valence-electron chi connectivity index (χ3n) is 7.64. The SMILES string of the molecule is CCC(CC)C(=O)/C=C(\O)C(CC)CC.[Ir].[c-]1ccc2[se]c3cccc4sc5cc6ccccc6nc5c1c2c43. The van der Waals surface area contributed by atoms with Crippen molar-refractivity contribution >= 4 is 82.1 Å². The van der Waals surface area contributed by atoms with Crippen LogP contribution in [-0.4, -0.2) is 30.4 Å². The fourth-order valence-electron chi connectivity index (χ4n) is 5.30. The molecule has 3 aromatic carbocycles. The van der Waals surface area contributed by atoms with Crippen LogP contribution in [0.1, 0.15) is 53.4 Å². The molecule has 6 aromatic rings. The molecule has 0 unspecified atom stereocenters. The number of allylic oxidation sites excluding steroid dienone is 2. The zero-order chi connectivity index (χ0) is 27.5. The molecule has 0 bridgehead atoms. The average molecular weight is 792 g/mol. The van der Waals surface area contributed by atoms with E-state index in [9.17, 15) is 9.90 Å². The molecule has 1 radical (unpaired) electrons. The van der Waals surface area contributed by atoms with E-state index in [1.165, 1.54) is 45.5 Å². The standard InChI is InChI=1S/C21H10NSSe.C13H24O2.Ir/c1-2-7-14-12(5-1)11-16-21(22-14)13-6-3-9-17-19(13)20-15(23-16)8-4-10-18(20)24-17;1-5-10(6-2)12(14)9-13(15)11(7-3)8-4;/h1-5,7-11H;9-11,14H,5-8H2,1-4H3;/q-1;;/b;12-9-;. The fraction of sp³-hybridized carbons (Fsp3) is 0.294. The molecule has 0 fully saturated rings. The van der Waals surface area contributed by atoms with Crippen molar-refractivity contribution in [1.29, 1.82) is 0 Å². The van der Waals surface area contributed by atoms with Crippen LogP contribution in [0.2, 0.25) is 0 Å². The van der Waals surface area contributed by atoms with Gasteiger partial charge in [-0.25, -0.2) is 0 Å². The molecule has 209 valence electrons. The number of para-hydroxylation sites is 1. The molecule has 40 heavy (non-hydrogen) atoms. The summed E-state index contributed by atoms with van der Waals surface area (Å²) in [6, 6.07) is 25.2. The van der Waals surface area contributed by atoms with Gasteiger partial charge in [-0.15, -0.1) is 0 Å². The van der Waals surface area contributed by atoms with Gasteiger partial charge in [0.1, 0.15) is 0 Å². The van der Waals surface area contributed by atoms with Crippen LogP contribution in [0.25, 0.3) is 50.5 Å². The summed E-state index contributed by atoms with van der Waals surface area (Å²) in [4.78, 5) is 16.7. The summed E-state index contributed by atoms with van der Waals surface area (Å²) in [7, 11) is 0. The summed E-state index contributed by atoms with van der Waals surface area (Å²) >= 11 is 2.24. The van der Waals surface area contributed by atoms with Crippen molar-refractivity contribution < 1.29 is 30.0 Å². The number of carbonyl (C=O) groups is 1. The molecular formula is C34H34IrNO2SSe-. The Bertz CT molecular complexity index is 1810. The third-order valence-corrected chi connectivity index (χ3v) is 11.1. The molecule has 0 aliphatic rings. The van der Waals surface area contributed by atoms with Crippen LogP contribution in [0.15, 0.2) is 72.5 Å². The Kier molecular flexibility index (Phi) is 10.4. The Labute approximate surface area is 259 Å². The van der Waals surface area contributed by atoms with Gasteiger partial charge in [-0.3, -0.25) is 4.79 Å². The fourth-order valence-corrected chi connectivity index (χ4v) is 8.96. The van der Waals surface area contributed by atoms with E-state index in [1.807, 2.05) is 39.0 Å². The number of hydrogen-bond acceptors (Lipinski definition) is 4. The van der Waals surface area contributed by atoms with Crippen LogP contribution in [0.3, 0.4) is 0 Å². The van der Waals surface area contributed by atoms with Crippen LogP contribution in [0.5, 0.6) is 0 Å². The van der Waals surface area contributed by atoms with Gasteiger partial charge < -0.3 is 5.11 Å². The van der Waals surface area contributed by atoms with E-state index in [0.717, 1.165) is 36.7 Å². The number of fused-ring (bicyclic) bond motifs is 3. The van der Waals surface area contributed by atoms with Gasteiger partial charge in [-0.05, 0) is 25.7 Å². The Morgan fingerprint density at radius 2 is 1.62 bits per heavy atom. The predicted octanol–water partition coefficient (Wildman–Crippen LogP) is 9.63. The number of ketones is 1. The van der Waals surface area contributed by atoms with Crippen molar-refractivity contribution in [3.05, 3.63) is 78.6 Å². The van der Waals surface area contributed by atoms with E-state index >= 15 is 0 Å². The quantitative estimate of drug-likeness (QED) is 0.0759. The molecule has 0 aliphatic heterocycles. The van der Waals surface area contributed by atoms with Gasteiger partial charge in [0, 0.05) is 38.0 Å². The zero-order valence-corrected chi connectivity index (χ0v) is 28.2. The van der Waals surface area contributed by atoms with E-state index in [1.54, 1.807) is 0 Å². The maximum absolute atomic E-state index is 11.7. The minimum absolute atomic E-state index is 0. The molecule has 0 atom stereocenters. The van der Waals surface area contributed by atoms with Gasteiger partial charge in [-0.1, -0.05) is 27.7 Å². The molecule has 0 saturated carbocycles. The second-order valence-electron chi connectivity index (χ2n) is 9.95. The molecule has 0 aliphatic carbocycles. The van der Waals surface area contributed by atoms with Gasteiger partial charge in [0.05, 0.1) is 5.76 Å². The van der Waals surface area contributed by atoms with Crippen molar-refractivity contribution in [2.75, 3.05) is 0 Å². The first-order chi connectivity index (χ1) is 19.0. The van der Waals surface area contributed by atoms with Gasteiger partial charge >= 0.3 is 148 Å². The Balaban J connectivity index is 0.000000204. The number of hydrogen-bond donors (Lipinski definition) is 1. The van der Waals surface area contributed by atoms with Crippen LogP contribution < -0.4 is 0 Å². The Morgan fingerprint density at radius 1 is 0.925 bits per heavy atom. The Morgan fingerprint density at radius 3 is 2.35 bits per heavy atom. The molecule has 0 amide bonds. The number of benzene rings is 3. The first-order valence-electron chi connectivity index (χ1n) is 13.9. The van der Waals surface area contributed by atoms with Gasteiger partial charge in [-0.2, -0.15) is 0 Å². The van der Waals surface area contributed by atoms with E-state index in [4.69, 9.17) is 4.98 Å². The minimum atomic E-state index is 0. The van der Waals surface area contributed by atoms with Gasteiger partial charge in [0.25, 0.3) is 0 Å². The average Bonchev–Trinajstić information content (AvgIpc) is 3.27. The topological polar surface area (TPSA) is 50.2 Å². The molecule has 3 aromatic heterocycles. The van der Waals surface area contributed by atoms with Crippen molar-refractivity contribution in [3.63, 3.8) is 0 Å². The van der Waals surface area contributed by atoms with Crippen molar-refractivity contribution in [2.24, 2.45) is 11.8 Å². The monoisotopic (exact) mass is 793 g/mol. The summed E-state index contributed by atoms with van der Waals surface area (Å²) in [5, 5.41) is 14.9. The molecule has 6 rings (SSSR count). The summed E-state index contributed by atoms with van der Waals surface area (Å²) in [6.45, 7) is 8.07. The van der Waals surface area contributed by atoms with Crippen LogP contribution in [0.4, 0.5) is 0 Å². The van der Waals surface area contributed by atoms with Crippen molar-refractivity contribution in [2.45, 2.75) is 53.4 Å². The number of aliphatic hydroxyl groups excluding tert-OH is 1. The number of rotatable bonds is 7. The molecule has 1 N–H and O–H groups in total. The molecule has 0 spiro atoms. The third kappa shape index (κ3) is 5.98. The van der Waals surface area contributed by atoms with Crippen LogP contribution >= 0.6 is 11.3 Å². The zero-order valence-electron chi connectivity index (χ0n) is 23.3. The predicted molar refractivity (Wildman–Crippen MR) is 169 cm³/mol. The van der Waals surface area contributed by atoms with E-state index in [-0.39, 0.29) is 43.5 Å². The van der Waals surface area contributed by atoms with Crippen molar-refractivity contribution in [3.8, 4) is 0 Å². The number of carbonyl (C=O) groups excluding carboxylic acids is 1. The summed E-state index contributed by atoms with van der Waals surface area (Å²) < 4.78 is 5.53. The first kappa shape index (κ1) is 30.6. The molecular weight excluding hydrogens is 758 g/mol. The van der Waals surface area contributed by atoms with Crippen molar-refractivity contribution in [1.82, 2.24) is 4.98 Å². The van der Waals surface area contributed by atoms with E-state index in [0.29, 0.717) is 14.5 Å². The molecule has 3 nitrogen and oxygen atoms in total. The number of aromatic nitrogens is 1. The molecule has 0 saturated heterocycles. The first-order valence-corrected chi connectivity index (χ1v) is 16.4. The van der Waals surface area contributed by atoms with Crippen LogP contribution in [-0.2, 0) is 24.9 Å². The molecule has 6 heteroatoms. The Hall–Kier alpha value is -2.33. The molecule has 3 heterocycles. The summed E-state index contributed by atoms with van der Waals surface area (Å²) in [6.07, 6.45) is 4.91. The summed E-state index contributed by atoms with van der Waals surface area (Å²) in [5.74, 6) is 0.547. The normalized spacial score (nSPS) is 12.0. The second kappa shape index (κ2) is 13.6.